The third kappa shape index (κ3) is 4.47. The lowest BCUT2D eigenvalue weighted by molar-refractivity contribution is -0.122. The van der Waals surface area contributed by atoms with E-state index in [-0.39, 0.29) is 11.7 Å². The van der Waals surface area contributed by atoms with Crippen LogP contribution in [0.5, 0.6) is 0 Å². The topological polar surface area (TPSA) is 44.4 Å². The molecule has 0 saturated carbocycles. The van der Waals surface area contributed by atoms with Gasteiger partial charge in [-0.25, -0.2) is 4.39 Å². The Bertz CT molecular complexity index is 553. The molecule has 132 valence electrons. The molecule has 2 fully saturated rings. The Morgan fingerprint density at radius 3 is 2.71 bits per heavy atom. The van der Waals surface area contributed by atoms with E-state index in [1.165, 1.54) is 18.9 Å². The Morgan fingerprint density at radius 2 is 2.00 bits per heavy atom. The summed E-state index contributed by atoms with van der Waals surface area (Å²) in [6.45, 7) is 1.37. The van der Waals surface area contributed by atoms with Crippen molar-refractivity contribution in [2.24, 2.45) is 5.92 Å². The summed E-state index contributed by atoms with van der Waals surface area (Å²) in [5.41, 5.74) is 0.606. The number of para-hydroxylation sites is 1. The summed E-state index contributed by atoms with van der Waals surface area (Å²) >= 11 is 0. The summed E-state index contributed by atoms with van der Waals surface area (Å²) in [6, 6.07) is 8.05. The molecule has 2 aliphatic rings. The van der Waals surface area contributed by atoms with Gasteiger partial charge in [-0.05, 0) is 50.2 Å². The Morgan fingerprint density at radius 1 is 1.29 bits per heavy atom. The number of anilines is 1. The van der Waals surface area contributed by atoms with Crippen molar-refractivity contribution in [3.8, 4) is 0 Å². The highest BCUT2D eigenvalue weighted by molar-refractivity contribution is 5.76. The third-order valence-electron chi connectivity index (χ3n) is 5.30. The zero-order chi connectivity index (χ0) is 16.9. The van der Waals surface area contributed by atoms with Crippen LogP contribution in [0.4, 0.5) is 10.1 Å². The van der Waals surface area contributed by atoms with Crippen LogP contribution in [0, 0.1) is 11.7 Å². The van der Waals surface area contributed by atoms with Crippen molar-refractivity contribution in [1.29, 1.82) is 0 Å². The summed E-state index contributed by atoms with van der Waals surface area (Å²) in [7, 11) is 1.88. The van der Waals surface area contributed by atoms with E-state index >= 15 is 0 Å². The number of fused-ring (bicyclic) bond motifs is 2. The van der Waals surface area contributed by atoms with Crippen LogP contribution in [-0.4, -0.2) is 38.1 Å². The lowest BCUT2D eigenvalue weighted by Gasteiger charge is -2.28. The molecule has 24 heavy (non-hydrogen) atoms. The number of hydrogen-bond acceptors (Lipinski definition) is 3. The molecule has 1 amide bonds. The number of carbonyl (C=O) groups is 1. The van der Waals surface area contributed by atoms with Crippen LogP contribution in [-0.2, 0) is 4.79 Å². The monoisotopic (exact) mass is 333 g/mol. The quantitative estimate of drug-likeness (QED) is 0.754. The minimum Gasteiger partial charge on any atom is -0.372 e. The van der Waals surface area contributed by atoms with Crippen molar-refractivity contribution in [3.05, 3.63) is 30.1 Å². The number of amides is 1. The molecule has 5 heteroatoms. The molecule has 2 saturated heterocycles. The molecule has 1 aromatic rings. The molecular formula is C19H28FN3O. The van der Waals surface area contributed by atoms with Crippen molar-refractivity contribution in [2.45, 2.75) is 50.6 Å². The van der Waals surface area contributed by atoms with E-state index in [1.54, 1.807) is 12.1 Å². The van der Waals surface area contributed by atoms with Crippen molar-refractivity contribution >= 4 is 11.6 Å². The predicted molar refractivity (Wildman–Crippen MR) is 94.6 cm³/mol. The number of rotatable bonds is 7. The Labute approximate surface area is 143 Å². The Balaban J connectivity index is 1.33. The van der Waals surface area contributed by atoms with Gasteiger partial charge in [0.05, 0.1) is 5.69 Å². The standard InChI is InChI=1S/C19H28FN3O/c1-23(18-6-3-2-5-17(18)20)10-4-9-21-19(24)13-14-11-15-7-8-16(12-14)22-15/h2-3,5-6,14-16,22H,4,7-13H2,1H3,(H,21,24). The number of carbonyl (C=O) groups excluding carboxylic acids is 1. The first-order valence-corrected chi connectivity index (χ1v) is 9.10. The van der Waals surface area contributed by atoms with E-state index in [2.05, 4.69) is 10.6 Å². The van der Waals surface area contributed by atoms with Gasteiger partial charge in [-0.1, -0.05) is 12.1 Å². The summed E-state index contributed by atoms with van der Waals surface area (Å²) in [5, 5.41) is 6.63. The normalized spacial score (nSPS) is 25.5. The summed E-state index contributed by atoms with van der Waals surface area (Å²) in [5.74, 6) is 0.490. The number of piperidine rings is 1. The van der Waals surface area contributed by atoms with Gasteiger partial charge < -0.3 is 15.5 Å². The van der Waals surface area contributed by atoms with E-state index in [4.69, 9.17) is 0 Å². The second kappa shape index (κ2) is 7.97. The highest BCUT2D eigenvalue weighted by Gasteiger charge is 2.34. The van der Waals surface area contributed by atoms with Gasteiger partial charge in [-0.3, -0.25) is 4.79 Å². The van der Waals surface area contributed by atoms with E-state index in [0.29, 0.717) is 36.7 Å². The minimum absolute atomic E-state index is 0.162. The molecule has 0 spiro atoms. The molecule has 2 atom stereocenters. The molecule has 2 bridgehead atoms. The number of hydrogen-bond donors (Lipinski definition) is 2. The summed E-state index contributed by atoms with van der Waals surface area (Å²) in [4.78, 5) is 14.0. The van der Waals surface area contributed by atoms with Crippen LogP contribution in [0.15, 0.2) is 24.3 Å². The van der Waals surface area contributed by atoms with Crippen molar-refractivity contribution in [3.63, 3.8) is 0 Å². The lowest BCUT2D eigenvalue weighted by atomic mass is 9.89. The maximum absolute atomic E-state index is 13.7. The van der Waals surface area contributed by atoms with E-state index in [9.17, 15) is 9.18 Å². The molecule has 4 nitrogen and oxygen atoms in total. The predicted octanol–water partition coefficient (Wildman–Crippen LogP) is 2.69. The highest BCUT2D eigenvalue weighted by Crippen LogP contribution is 2.32. The molecule has 0 aliphatic carbocycles. The fourth-order valence-corrected chi connectivity index (χ4v) is 4.10. The number of nitrogens with zero attached hydrogens (tertiary/aromatic N) is 1. The number of nitrogens with one attached hydrogen (secondary N) is 2. The van der Waals surface area contributed by atoms with E-state index in [0.717, 1.165) is 25.8 Å². The molecule has 2 heterocycles. The third-order valence-corrected chi connectivity index (χ3v) is 5.30. The fraction of sp³-hybridized carbons (Fsp3) is 0.632. The van der Waals surface area contributed by atoms with E-state index in [1.807, 2.05) is 18.0 Å². The maximum atomic E-state index is 13.7. The van der Waals surface area contributed by atoms with Gasteiger partial charge in [0.1, 0.15) is 5.82 Å². The molecule has 2 unspecified atom stereocenters. The molecular weight excluding hydrogens is 305 g/mol. The fourth-order valence-electron chi connectivity index (χ4n) is 4.10. The van der Waals surface area contributed by atoms with Gasteiger partial charge in [-0.15, -0.1) is 0 Å². The van der Waals surface area contributed by atoms with Gasteiger partial charge in [0, 0.05) is 38.6 Å². The van der Waals surface area contributed by atoms with Crippen LogP contribution in [0.1, 0.15) is 38.5 Å². The summed E-state index contributed by atoms with van der Waals surface area (Å²) < 4.78 is 13.7. The van der Waals surface area contributed by atoms with Crippen LogP contribution in [0.2, 0.25) is 0 Å². The highest BCUT2D eigenvalue weighted by atomic mass is 19.1. The average molecular weight is 333 g/mol. The smallest absolute Gasteiger partial charge is 0.220 e. The van der Waals surface area contributed by atoms with Crippen LogP contribution in [0.3, 0.4) is 0 Å². The average Bonchev–Trinajstić information content (AvgIpc) is 2.90. The zero-order valence-electron chi connectivity index (χ0n) is 14.4. The minimum atomic E-state index is -0.204. The summed E-state index contributed by atoms with van der Waals surface area (Å²) in [6.07, 6.45) is 6.28. The van der Waals surface area contributed by atoms with Crippen LogP contribution < -0.4 is 15.5 Å². The van der Waals surface area contributed by atoms with Gasteiger partial charge in [0.15, 0.2) is 0 Å². The molecule has 2 aliphatic heterocycles. The molecule has 1 aromatic carbocycles. The number of benzene rings is 1. The van der Waals surface area contributed by atoms with E-state index < -0.39 is 0 Å². The molecule has 0 aromatic heterocycles. The number of halogens is 1. The maximum Gasteiger partial charge on any atom is 0.220 e. The van der Waals surface area contributed by atoms with Gasteiger partial charge in [0.25, 0.3) is 0 Å². The zero-order valence-corrected chi connectivity index (χ0v) is 14.4. The first kappa shape index (κ1) is 17.2. The SMILES string of the molecule is CN(CCCNC(=O)CC1CC2CCC(C1)N2)c1ccccc1F. The second-order valence-electron chi connectivity index (χ2n) is 7.26. The first-order chi connectivity index (χ1) is 11.6. The van der Waals surface area contributed by atoms with Crippen molar-refractivity contribution < 1.29 is 9.18 Å². The molecule has 0 radical (unpaired) electrons. The molecule has 2 N–H and O–H groups in total. The second-order valence-corrected chi connectivity index (χ2v) is 7.26. The van der Waals surface area contributed by atoms with Crippen LogP contribution >= 0.6 is 0 Å². The first-order valence-electron chi connectivity index (χ1n) is 9.10. The largest absolute Gasteiger partial charge is 0.372 e. The van der Waals surface area contributed by atoms with Crippen molar-refractivity contribution in [1.82, 2.24) is 10.6 Å². The van der Waals surface area contributed by atoms with Gasteiger partial charge in [0.2, 0.25) is 5.91 Å². The lowest BCUT2D eigenvalue weighted by Crippen LogP contribution is -2.40. The van der Waals surface area contributed by atoms with Crippen LogP contribution in [0.25, 0.3) is 0 Å². The van der Waals surface area contributed by atoms with Gasteiger partial charge in [-0.2, -0.15) is 0 Å². The Hall–Kier alpha value is -1.62. The van der Waals surface area contributed by atoms with Gasteiger partial charge >= 0.3 is 0 Å². The van der Waals surface area contributed by atoms with Crippen molar-refractivity contribution in [2.75, 3.05) is 25.0 Å². The molecule has 3 rings (SSSR count). The Kier molecular flexibility index (Phi) is 5.72.